The molecule has 1 N–H and O–H groups in total. The second-order valence-electron chi connectivity index (χ2n) is 4.24. The van der Waals surface area contributed by atoms with Crippen LogP contribution in [0.25, 0.3) is 0 Å². The van der Waals surface area contributed by atoms with Crippen molar-refractivity contribution in [3.8, 4) is 0 Å². The Morgan fingerprint density at radius 2 is 1.87 bits per heavy atom. The maximum absolute atomic E-state index is 9.52. The van der Waals surface area contributed by atoms with Crippen LogP contribution in [0.3, 0.4) is 0 Å². The monoisotopic (exact) mass is 244 g/mol. The highest BCUT2D eigenvalue weighted by atomic mass is 35.5. The van der Waals surface area contributed by atoms with Gasteiger partial charge in [0.05, 0.1) is 5.60 Å². The van der Waals surface area contributed by atoms with Gasteiger partial charge in [-0.3, -0.25) is 0 Å². The third-order valence-electron chi connectivity index (χ3n) is 2.04. The largest absolute Gasteiger partial charge is 0.390 e. The Balaban J connectivity index is 2.23. The molecule has 1 aromatic carbocycles. The average molecular weight is 245 g/mol. The lowest BCUT2D eigenvalue weighted by atomic mass is 10.1. The molecule has 0 radical (unpaired) electrons. The zero-order chi connectivity index (χ0) is 11.3. The van der Waals surface area contributed by atoms with Crippen molar-refractivity contribution < 1.29 is 5.11 Å². The van der Waals surface area contributed by atoms with Crippen molar-refractivity contribution in [2.75, 3.05) is 5.75 Å². The van der Waals surface area contributed by atoms with Crippen LogP contribution in [0.2, 0.25) is 5.02 Å². The standard InChI is InChI=1S/C12H17ClOS/c1-12(2,14)7-8-15-9-10-3-5-11(13)6-4-10/h3-6,14H,7-9H2,1-2H3. The van der Waals surface area contributed by atoms with Crippen molar-refractivity contribution in [2.45, 2.75) is 31.6 Å². The van der Waals surface area contributed by atoms with Crippen LogP contribution in [0.15, 0.2) is 24.3 Å². The minimum absolute atomic E-state index is 0.549. The first-order chi connectivity index (χ1) is 6.97. The average Bonchev–Trinajstić information content (AvgIpc) is 2.14. The van der Waals surface area contributed by atoms with Crippen LogP contribution in [-0.2, 0) is 5.75 Å². The van der Waals surface area contributed by atoms with Crippen LogP contribution < -0.4 is 0 Å². The van der Waals surface area contributed by atoms with E-state index in [0.717, 1.165) is 22.9 Å². The summed E-state index contributed by atoms with van der Waals surface area (Å²) in [6.45, 7) is 3.69. The molecular weight excluding hydrogens is 228 g/mol. The summed E-state index contributed by atoms with van der Waals surface area (Å²) < 4.78 is 0. The van der Waals surface area contributed by atoms with Crippen molar-refractivity contribution in [1.82, 2.24) is 0 Å². The normalized spacial score (nSPS) is 11.7. The number of hydrogen-bond acceptors (Lipinski definition) is 2. The molecule has 0 spiro atoms. The van der Waals surface area contributed by atoms with Crippen molar-refractivity contribution in [1.29, 1.82) is 0 Å². The first-order valence-electron chi connectivity index (χ1n) is 5.02. The lowest BCUT2D eigenvalue weighted by molar-refractivity contribution is 0.0777. The fraction of sp³-hybridized carbons (Fsp3) is 0.500. The van der Waals surface area contributed by atoms with Gasteiger partial charge in [0, 0.05) is 10.8 Å². The molecule has 0 bridgehead atoms. The van der Waals surface area contributed by atoms with Gasteiger partial charge in [-0.05, 0) is 43.7 Å². The van der Waals surface area contributed by atoms with Gasteiger partial charge in [0.1, 0.15) is 0 Å². The van der Waals surface area contributed by atoms with Crippen molar-refractivity contribution >= 4 is 23.4 Å². The Kier molecular flexibility index (Phi) is 4.97. The lowest BCUT2D eigenvalue weighted by Gasteiger charge is -2.16. The number of benzene rings is 1. The van der Waals surface area contributed by atoms with Gasteiger partial charge in [0.25, 0.3) is 0 Å². The van der Waals surface area contributed by atoms with Gasteiger partial charge in [-0.15, -0.1) is 0 Å². The highest BCUT2D eigenvalue weighted by Gasteiger charge is 2.11. The van der Waals surface area contributed by atoms with E-state index in [1.165, 1.54) is 5.56 Å². The molecule has 0 atom stereocenters. The molecule has 0 heterocycles. The van der Waals surface area contributed by atoms with Gasteiger partial charge in [0.15, 0.2) is 0 Å². The number of thioether (sulfide) groups is 1. The van der Waals surface area contributed by atoms with E-state index in [9.17, 15) is 5.11 Å². The quantitative estimate of drug-likeness (QED) is 0.797. The first-order valence-corrected chi connectivity index (χ1v) is 6.55. The van der Waals surface area contributed by atoms with Gasteiger partial charge < -0.3 is 5.11 Å². The van der Waals surface area contributed by atoms with Gasteiger partial charge in [-0.25, -0.2) is 0 Å². The summed E-state index contributed by atoms with van der Waals surface area (Å²) in [6.07, 6.45) is 0.825. The van der Waals surface area contributed by atoms with E-state index in [0.29, 0.717) is 0 Å². The second-order valence-corrected chi connectivity index (χ2v) is 5.78. The lowest BCUT2D eigenvalue weighted by Crippen LogP contribution is -2.19. The van der Waals surface area contributed by atoms with E-state index >= 15 is 0 Å². The Bertz CT molecular complexity index is 289. The van der Waals surface area contributed by atoms with E-state index in [1.54, 1.807) is 0 Å². The topological polar surface area (TPSA) is 20.2 Å². The molecule has 0 aromatic heterocycles. The number of hydrogen-bond donors (Lipinski definition) is 1. The highest BCUT2D eigenvalue weighted by Crippen LogP contribution is 2.18. The van der Waals surface area contributed by atoms with E-state index in [4.69, 9.17) is 11.6 Å². The fourth-order valence-electron chi connectivity index (χ4n) is 1.09. The van der Waals surface area contributed by atoms with Crippen LogP contribution in [0, 0.1) is 0 Å². The summed E-state index contributed by atoms with van der Waals surface area (Å²) in [5.74, 6) is 1.96. The second kappa shape index (κ2) is 5.78. The molecule has 3 heteroatoms. The summed E-state index contributed by atoms with van der Waals surface area (Å²) >= 11 is 7.63. The SMILES string of the molecule is CC(C)(O)CCSCc1ccc(Cl)cc1. The molecule has 1 nitrogen and oxygen atoms in total. The van der Waals surface area contributed by atoms with Gasteiger partial charge in [-0.2, -0.15) is 11.8 Å². The molecule has 1 rings (SSSR count). The van der Waals surface area contributed by atoms with E-state index in [-0.39, 0.29) is 0 Å². The molecule has 0 amide bonds. The van der Waals surface area contributed by atoms with Crippen molar-refractivity contribution in [3.63, 3.8) is 0 Å². The molecule has 0 saturated heterocycles. The molecule has 1 aromatic rings. The summed E-state index contributed by atoms with van der Waals surface area (Å²) in [4.78, 5) is 0. The zero-order valence-electron chi connectivity index (χ0n) is 9.16. The number of rotatable bonds is 5. The third kappa shape index (κ3) is 6.08. The molecule has 0 aliphatic carbocycles. The van der Waals surface area contributed by atoms with Crippen molar-refractivity contribution in [3.05, 3.63) is 34.9 Å². The zero-order valence-corrected chi connectivity index (χ0v) is 10.7. The highest BCUT2D eigenvalue weighted by molar-refractivity contribution is 7.98. The predicted octanol–water partition coefficient (Wildman–Crippen LogP) is 3.73. The molecule has 0 unspecified atom stereocenters. The summed E-state index contributed by atoms with van der Waals surface area (Å²) in [5.41, 5.74) is 0.729. The van der Waals surface area contributed by atoms with Gasteiger partial charge in [-0.1, -0.05) is 23.7 Å². The van der Waals surface area contributed by atoms with Crippen LogP contribution in [0.1, 0.15) is 25.8 Å². The Hall–Kier alpha value is -0.180. The molecule has 0 aliphatic rings. The molecule has 84 valence electrons. The van der Waals surface area contributed by atoms with E-state index in [2.05, 4.69) is 0 Å². The predicted molar refractivity (Wildman–Crippen MR) is 68.5 cm³/mol. The molecule has 0 fully saturated rings. The van der Waals surface area contributed by atoms with Gasteiger partial charge in [0.2, 0.25) is 0 Å². The fourth-order valence-corrected chi connectivity index (χ4v) is 2.43. The van der Waals surface area contributed by atoms with Gasteiger partial charge >= 0.3 is 0 Å². The maximum Gasteiger partial charge on any atom is 0.0599 e. The molecular formula is C12H17ClOS. The van der Waals surface area contributed by atoms with Crippen LogP contribution in [0.5, 0.6) is 0 Å². The Morgan fingerprint density at radius 3 is 2.40 bits per heavy atom. The molecule has 0 saturated carbocycles. The van der Waals surface area contributed by atoms with Crippen molar-refractivity contribution in [2.24, 2.45) is 0 Å². The van der Waals surface area contributed by atoms with Crippen LogP contribution >= 0.6 is 23.4 Å². The van der Waals surface area contributed by atoms with Crippen LogP contribution in [0.4, 0.5) is 0 Å². The smallest absolute Gasteiger partial charge is 0.0599 e. The van der Waals surface area contributed by atoms with Crippen LogP contribution in [-0.4, -0.2) is 16.5 Å². The summed E-state index contributed by atoms with van der Waals surface area (Å²) in [7, 11) is 0. The maximum atomic E-state index is 9.52. The number of halogens is 1. The summed E-state index contributed by atoms with van der Waals surface area (Å²) in [6, 6.07) is 7.90. The molecule has 15 heavy (non-hydrogen) atoms. The Morgan fingerprint density at radius 1 is 1.27 bits per heavy atom. The van der Waals surface area contributed by atoms with E-state index < -0.39 is 5.60 Å². The summed E-state index contributed by atoms with van der Waals surface area (Å²) in [5, 5.41) is 10.3. The minimum atomic E-state index is -0.549. The number of aliphatic hydroxyl groups is 1. The van der Waals surface area contributed by atoms with E-state index in [1.807, 2.05) is 49.9 Å². The molecule has 0 aliphatic heterocycles. The third-order valence-corrected chi connectivity index (χ3v) is 3.32. The minimum Gasteiger partial charge on any atom is -0.390 e. The first kappa shape index (κ1) is 12.9. The Labute approximate surface area is 101 Å².